The maximum absolute atomic E-state index is 5.17. The van der Waals surface area contributed by atoms with E-state index in [0.717, 1.165) is 25.5 Å². The van der Waals surface area contributed by atoms with Gasteiger partial charge < -0.3 is 9.64 Å². The van der Waals surface area contributed by atoms with Crippen molar-refractivity contribution in [2.75, 3.05) is 26.9 Å². The Hall–Kier alpha value is -1.22. The number of nitrogens with zero attached hydrogens (tertiary/aromatic N) is 1. The zero-order valence-corrected chi connectivity index (χ0v) is 9.79. The third-order valence-electron chi connectivity index (χ3n) is 2.46. The van der Waals surface area contributed by atoms with Crippen LogP contribution in [0.2, 0.25) is 0 Å². The van der Waals surface area contributed by atoms with Crippen LogP contribution in [0, 0.1) is 0 Å². The Morgan fingerprint density at radius 2 is 2.07 bits per heavy atom. The number of hydrogen-bond donors (Lipinski definition) is 1. The lowest BCUT2D eigenvalue weighted by molar-refractivity contribution is 0.306. The lowest BCUT2D eigenvalue weighted by Gasteiger charge is -2.17. The molecule has 0 amide bonds. The van der Waals surface area contributed by atoms with E-state index in [-0.39, 0.29) is 0 Å². The van der Waals surface area contributed by atoms with Gasteiger partial charge in [-0.1, -0.05) is 6.08 Å². The van der Waals surface area contributed by atoms with Gasteiger partial charge in [0.15, 0.2) is 0 Å². The topological polar surface area (TPSA) is 24.5 Å². The first-order valence-corrected chi connectivity index (χ1v) is 5.32. The minimum Gasteiger partial charge on any atom is -0.497 e. The highest BCUT2D eigenvalue weighted by atomic mass is 16.5. The van der Waals surface area contributed by atoms with Crippen LogP contribution in [0.15, 0.2) is 35.8 Å². The van der Waals surface area contributed by atoms with Crippen LogP contribution in [0.3, 0.4) is 0 Å². The highest BCUT2D eigenvalue weighted by Crippen LogP contribution is 2.09. The van der Waals surface area contributed by atoms with Crippen molar-refractivity contribution in [3.63, 3.8) is 0 Å². The van der Waals surface area contributed by atoms with Crippen LogP contribution >= 0.6 is 0 Å². The van der Waals surface area contributed by atoms with Crippen molar-refractivity contribution in [1.82, 2.24) is 10.2 Å². The number of methoxy groups -OCH3 is 1. The molecule has 1 N–H and O–H groups in total. The van der Waals surface area contributed by atoms with E-state index >= 15 is 0 Å². The zero-order chi connectivity index (χ0) is 11.1. The Morgan fingerprint density at radius 1 is 1.27 bits per heavy atom. The molecule has 0 spiro atoms. The van der Waals surface area contributed by atoms with Crippen LogP contribution in [0.4, 0.5) is 0 Å². The molecular weight excluding hydrogens is 188 g/mol. The summed E-state index contributed by atoms with van der Waals surface area (Å²) in [5, 5.41) is 3.31. The van der Waals surface area contributed by atoms with E-state index in [4.69, 9.17) is 4.74 Å². The minimum atomic E-state index is 0.890. The second kappa shape index (κ2) is 6.30. The largest absolute Gasteiger partial charge is 0.497 e. The molecule has 1 aliphatic heterocycles. The average molecular weight is 208 g/mol. The fourth-order valence-corrected chi connectivity index (χ4v) is 1.56. The van der Waals surface area contributed by atoms with Crippen LogP contribution in [-0.2, 0) is 4.74 Å². The van der Waals surface area contributed by atoms with E-state index in [9.17, 15) is 0 Å². The molecule has 15 heavy (non-hydrogen) atoms. The Bertz CT molecular complexity index is 273. The number of ether oxygens (including phenoxy) is 1. The summed E-state index contributed by atoms with van der Waals surface area (Å²) < 4.78 is 5.17. The molecule has 0 aromatic heterocycles. The Morgan fingerprint density at radius 3 is 2.53 bits per heavy atom. The Labute approximate surface area is 92.1 Å². The SMILES string of the molecule is C\C=C(/C=C\C(=C/C)N1CCNC1)OC. The molecular formula is C12H20N2O. The predicted molar refractivity (Wildman–Crippen MR) is 63.2 cm³/mol. The lowest BCUT2D eigenvalue weighted by Crippen LogP contribution is -2.20. The summed E-state index contributed by atoms with van der Waals surface area (Å²) in [5.41, 5.74) is 1.23. The van der Waals surface area contributed by atoms with E-state index in [1.807, 2.05) is 19.1 Å². The third-order valence-corrected chi connectivity index (χ3v) is 2.46. The fraction of sp³-hybridized carbons (Fsp3) is 0.500. The first-order valence-electron chi connectivity index (χ1n) is 5.32. The van der Waals surface area contributed by atoms with Gasteiger partial charge in [0.2, 0.25) is 0 Å². The third kappa shape index (κ3) is 3.44. The summed E-state index contributed by atoms with van der Waals surface area (Å²) in [5.74, 6) is 0.890. The molecule has 1 aliphatic rings. The van der Waals surface area contributed by atoms with Crippen molar-refractivity contribution in [3.05, 3.63) is 35.8 Å². The summed E-state index contributed by atoms with van der Waals surface area (Å²) in [6.45, 7) is 7.09. The highest BCUT2D eigenvalue weighted by Gasteiger charge is 2.10. The quantitative estimate of drug-likeness (QED) is 0.564. The van der Waals surface area contributed by atoms with E-state index < -0.39 is 0 Å². The number of hydrogen-bond acceptors (Lipinski definition) is 3. The first-order chi connectivity index (χ1) is 7.31. The van der Waals surface area contributed by atoms with E-state index in [1.54, 1.807) is 7.11 Å². The average Bonchev–Trinajstić information content (AvgIpc) is 2.78. The smallest absolute Gasteiger partial charge is 0.114 e. The predicted octanol–water partition coefficient (Wildman–Crippen LogP) is 1.86. The standard InChI is InChI=1S/C12H20N2O/c1-4-11(14-9-8-13-10-14)6-7-12(5-2)15-3/h4-7,13H,8-10H2,1-3H3/b7-6-,11-4+,12-5+. The molecule has 0 atom stereocenters. The normalized spacial score (nSPS) is 19.0. The van der Waals surface area contributed by atoms with Gasteiger partial charge in [0.25, 0.3) is 0 Å². The Kier molecular flexibility index (Phi) is 4.98. The van der Waals surface area contributed by atoms with Crippen LogP contribution in [0.5, 0.6) is 0 Å². The fourth-order valence-electron chi connectivity index (χ4n) is 1.56. The lowest BCUT2D eigenvalue weighted by atomic mass is 10.3. The summed E-state index contributed by atoms with van der Waals surface area (Å²) in [6.07, 6.45) is 8.15. The van der Waals surface area contributed by atoms with Gasteiger partial charge in [0.1, 0.15) is 5.76 Å². The molecule has 1 heterocycles. The van der Waals surface area contributed by atoms with E-state index in [1.165, 1.54) is 5.70 Å². The zero-order valence-electron chi connectivity index (χ0n) is 9.79. The van der Waals surface area contributed by atoms with Crippen molar-refractivity contribution in [1.29, 1.82) is 0 Å². The molecule has 0 unspecified atom stereocenters. The number of allylic oxidation sites excluding steroid dienone is 4. The summed E-state index contributed by atoms with van der Waals surface area (Å²) in [7, 11) is 1.69. The molecule has 84 valence electrons. The van der Waals surface area contributed by atoms with Crippen molar-refractivity contribution in [3.8, 4) is 0 Å². The van der Waals surface area contributed by atoms with Gasteiger partial charge in [-0.2, -0.15) is 0 Å². The molecule has 3 heteroatoms. The van der Waals surface area contributed by atoms with Gasteiger partial charge in [0.05, 0.1) is 13.8 Å². The van der Waals surface area contributed by atoms with Crippen LogP contribution in [-0.4, -0.2) is 31.8 Å². The maximum Gasteiger partial charge on any atom is 0.114 e. The molecule has 1 fully saturated rings. The molecule has 0 aliphatic carbocycles. The summed E-state index contributed by atoms with van der Waals surface area (Å²) >= 11 is 0. The maximum atomic E-state index is 5.17. The first kappa shape index (κ1) is 11.9. The van der Waals surface area contributed by atoms with Gasteiger partial charge in [-0.15, -0.1) is 0 Å². The van der Waals surface area contributed by atoms with Gasteiger partial charge in [-0.05, 0) is 32.1 Å². The monoisotopic (exact) mass is 208 g/mol. The number of rotatable bonds is 4. The van der Waals surface area contributed by atoms with Gasteiger partial charge in [-0.3, -0.25) is 5.32 Å². The molecule has 0 saturated carbocycles. The highest BCUT2D eigenvalue weighted by molar-refractivity contribution is 5.24. The summed E-state index contributed by atoms with van der Waals surface area (Å²) in [6, 6.07) is 0. The van der Waals surface area contributed by atoms with Gasteiger partial charge >= 0.3 is 0 Å². The molecule has 3 nitrogen and oxygen atoms in total. The molecule has 0 radical (unpaired) electrons. The molecule has 1 rings (SSSR count). The second-order valence-electron chi connectivity index (χ2n) is 3.36. The molecule has 0 aromatic carbocycles. The van der Waals surface area contributed by atoms with E-state index in [2.05, 4.69) is 29.3 Å². The number of nitrogens with one attached hydrogen (secondary N) is 1. The molecule has 1 saturated heterocycles. The van der Waals surface area contributed by atoms with Gasteiger partial charge in [-0.25, -0.2) is 0 Å². The van der Waals surface area contributed by atoms with Crippen molar-refractivity contribution in [2.45, 2.75) is 13.8 Å². The van der Waals surface area contributed by atoms with Crippen LogP contribution in [0.25, 0.3) is 0 Å². The molecule has 0 bridgehead atoms. The van der Waals surface area contributed by atoms with Crippen molar-refractivity contribution >= 4 is 0 Å². The van der Waals surface area contributed by atoms with Gasteiger partial charge in [0, 0.05) is 18.8 Å². The minimum absolute atomic E-state index is 0.890. The van der Waals surface area contributed by atoms with Crippen LogP contribution in [0.1, 0.15) is 13.8 Å². The second-order valence-corrected chi connectivity index (χ2v) is 3.36. The van der Waals surface area contributed by atoms with Crippen molar-refractivity contribution in [2.24, 2.45) is 0 Å². The molecule has 0 aromatic rings. The van der Waals surface area contributed by atoms with Crippen LogP contribution < -0.4 is 5.32 Å². The Balaban J connectivity index is 2.61. The van der Waals surface area contributed by atoms with E-state index in [0.29, 0.717) is 0 Å². The summed E-state index contributed by atoms with van der Waals surface area (Å²) in [4.78, 5) is 2.31. The van der Waals surface area contributed by atoms with Crippen molar-refractivity contribution < 1.29 is 4.74 Å².